The number of aliphatic imine (C=N–C) groups is 1. The van der Waals surface area contributed by atoms with Crippen LogP contribution in [0, 0.1) is 0 Å². The molecule has 2 fully saturated rings. The van der Waals surface area contributed by atoms with Gasteiger partial charge in [-0.15, -0.1) is 0 Å². The summed E-state index contributed by atoms with van der Waals surface area (Å²) in [5.41, 5.74) is 1.75. The van der Waals surface area contributed by atoms with Gasteiger partial charge in [0.1, 0.15) is 0 Å². The molecule has 5 nitrogen and oxygen atoms in total. The maximum Gasteiger partial charge on any atom is 0.248 e. The number of hydrogen-bond donors (Lipinski definition) is 0. The van der Waals surface area contributed by atoms with Gasteiger partial charge in [0.25, 0.3) is 0 Å². The molecule has 2 aromatic carbocycles. The van der Waals surface area contributed by atoms with Crippen molar-refractivity contribution in [1.82, 2.24) is 0 Å². The zero-order valence-corrected chi connectivity index (χ0v) is 19.3. The average Bonchev–Trinajstić information content (AvgIpc) is 3.12. The van der Waals surface area contributed by atoms with Gasteiger partial charge in [-0.1, -0.05) is 69.6 Å². The third-order valence-corrected chi connectivity index (χ3v) is 8.93. The first kappa shape index (κ1) is 20.9. The summed E-state index contributed by atoms with van der Waals surface area (Å²) < 4.78 is 25.1. The topological polar surface area (TPSA) is 66.8 Å². The third kappa shape index (κ3) is 4.71. The summed E-state index contributed by atoms with van der Waals surface area (Å²) in [6.45, 7) is 0. The number of anilines is 1. The number of fused-ring (bicyclic) bond motifs is 1. The van der Waals surface area contributed by atoms with E-state index < -0.39 is 9.84 Å². The van der Waals surface area contributed by atoms with E-state index in [0.717, 1.165) is 10.0 Å². The van der Waals surface area contributed by atoms with Gasteiger partial charge in [-0.3, -0.25) is 4.79 Å². The fourth-order valence-corrected chi connectivity index (χ4v) is 8.27. The van der Waals surface area contributed by atoms with Crippen molar-refractivity contribution in [2.24, 2.45) is 4.99 Å². The highest BCUT2D eigenvalue weighted by Gasteiger charge is 2.49. The molecule has 152 valence electrons. The van der Waals surface area contributed by atoms with Crippen molar-refractivity contribution in [3.05, 3.63) is 63.6 Å². The Kier molecular flexibility index (Phi) is 6.06. The molecule has 0 saturated carbocycles. The predicted molar refractivity (Wildman–Crippen MR) is 123 cm³/mol. The van der Waals surface area contributed by atoms with E-state index in [9.17, 15) is 13.2 Å². The van der Waals surface area contributed by atoms with Gasteiger partial charge in [0.15, 0.2) is 15.0 Å². The summed E-state index contributed by atoms with van der Waals surface area (Å²) in [4.78, 5) is 18.7. The Labute approximate surface area is 187 Å². The van der Waals surface area contributed by atoms with E-state index in [-0.39, 0.29) is 28.7 Å². The van der Waals surface area contributed by atoms with Gasteiger partial charge in [0.2, 0.25) is 5.91 Å². The van der Waals surface area contributed by atoms with Crippen LogP contribution in [-0.4, -0.2) is 42.3 Å². The molecule has 2 aliphatic rings. The third-order valence-electron chi connectivity index (χ3n) is 4.93. The largest absolute Gasteiger partial charge is 0.314 e. The summed E-state index contributed by atoms with van der Waals surface area (Å²) in [6, 6.07) is 14.9. The van der Waals surface area contributed by atoms with E-state index in [1.807, 2.05) is 47.4 Å². The number of aryl methyl sites for hydroxylation is 1. The van der Waals surface area contributed by atoms with E-state index in [1.165, 1.54) is 11.8 Å². The first-order valence-electron chi connectivity index (χ1n) is 9.09. The Hall–Kier alpha value is -1.35. The Bertz CT molecular complexity index is 1080. The average molecular weight is 514 g/mol. The molecule has 0 unspecified atom stereocenters. The second kappa shape index (κ2) is 8.41. The lowest BCUT2D eigenvalue weighted by atomic mass is 10.1. The number of thioether (sulfide) groups is 1. The van der Waals surface area contributed by atoms with E-state index in [4.69, 9.17) is 11.6 Å². The van der Waals surface area contributed by atoms with Crippen molar-refractivity contribution in [3.63, 3.8) is 0 Å². The number of nitrogens with zero attached hydrogens (tertiary/aromatic N) is 2. The van der Waals surface area contributed by atoms with Gasteiger partial charge in [-0.25, -0.2) is 8.42 Å². The minimum absolute atomic E-state index is 0.0360. The van der Waals surface area contributed by atoms with Crippen LogP contribution in [0.4, 0.5) is 5.69 Å². The van der Waals surface area contributed by atoms with Gasteiger partial charge >= 0.3 is 0 Å². The number of carbonyl (C=O) groups is 1. The van der Waals surface area contributed by atoms with Crippen LogP contribution >= 0.6 is 39.3 Å². The quantitative estimate of drug-likeness (QED) is 0.608. The van der Waals surface area contributed by atoms with Crippen LogP contribution in [0.2, 0.25) is 5.02 Å². The van der Waals surface area contributed by atoms with Crippen LogP contribution in [0.5, 0.6) is 0 Å². The van der Waals surface area contributed by atoms with Crippen LogP contribution in [0.25, 0.3) is 0 Å². The number of halogens is 2. The zero-order chi connectivity index (χ0) is 20.6. The lowest BCUT2D eigenvalue weighted by Gasteiger charge is -2.25. The SMILES string of the molecule is O=C(CCc1ccccc1)N=C1S[C@@H]2CS(=O)(=O)C[C@H]2N1c1ccc(Br)cc1Cl. The molecule has 2 aliphatic heterocycles. The standard InChI is InChI=1S/C20H18BrClN2O3S2/c21-14-7-8-16(15(22)10-14)24-17-11-29(26,27)12-18(17)28-20(24)23-19(25)9-6-13-4-2-1-3-5-13/h1-5,7-8,10,17-18H,6,9,11-12H2/t17-,18-/m1/s1. The summed E-state index contributed by atoms with van der Waals surface area (Å²) in [7, 11) is -3.12. The highest BCUT2D eigenvalue weighted by atomic mass is 79.9. The highest BCUT2D eigenvalue weighted by Crippen LogP contribution is 2.43. The molecule has 1 amide bonds. The second-order valence-corrected chi connectivity index (χ2v) is 11.7. The molecule has 4 rings (SSSR count). The normalized spacial score (nSPS) is 24.1. The number of carbonyl (C=O) groups excluding carboxylic acids is 1. The summed E-state index contributed by atoms with van der Waals surface area (Å²) >= 11 is 11.2. The van der Waals surface area contributed by atoms with Crippen molar-refractivity contribution in [2.45, 2.75) is 24.1 Å². The highest BCUT2D eigenvalue weighted by molar-refractivity contribution is 9.10. The monoisotopic (exact) mass is 512 g/mol. The smallest absolute Gasteiger partial charge is 0.248 e. The van der Waals surface area contributed by atoms with E-state index in [0.29, 0.717) is 28.7 Å². The summed E-state index contributed by atoms with van der Waals surface area (Å²) in [6.07, 6.45) is 0.908. The van der Waals surface area contributed by atoms with Crippen LogP contribution < -0.4 is 4.90 Å². The number of sulfone groups is 1. The first-order chi connectivity index (χ1) is 13.8. The molecule has 0 N–H and O–H groups in total. The number of benzene rings is 2. The maximum atomic E-state index is 12.5. The zero-order valence-electron chi connectivity index (χ0n) is 15.3. The number of amides is 1. The molecule has 2 saturated heterocycles. The molecule has 2 aromatic rings. The van der Waals surface area contributed by atoms with Crippen molar-refractivity contribution < 1.29 is 13.2 Å². The Morgan fingerprint density at radius 1 is 1.21 bits per heavy atom. The van der Waals surface area contributed by atoms with E-state index in [1.54, 1.807) is 6.07 Å². The molecule has 0 radical (unpaired) electrons. The summed E-state index contributed by atoms with van der Waals surface area (Å²) in [5, 5.41) is 0.854. The summed E-state index contributed by atoms with van der Waals surface area (Å²) in [5.74, 6) is -0.101. The molecule has 0 aliphatic carbocycles. The minimum atomic E-state index is -3.12. The molecule has 2 heterocycles. The minimum Gasteiger partial charge on any atom is -0.314 e. The van der Waals surface area contributed by atoms with Crippen LogP contribution in [0.3, 0.4) is 0 Å². The van der Waals surface area contributed by atoms with Gasteiger partial charge in [0, 0.05) is 16.1 Å². The number of rotatable bonds is 4. The van der Waals surface area contributed by atoms with E-state index in [2.05, 4.69) is 20.9 Å². The molecule has 2 atom stereocenters. The van der Waals surface area contributed by atoms with Crippen molar-refractivity contribution in [2.75, 3.05) is 16.4 Å². The molecule has 0 spiro atoms. The lowest BCUT2D eigenvalue weighted by Crippen LogP contribution is -2.38. The predicted octanol–water partition coefficient (Wildman–Crippen LogP) is 4.34. The van der Waals surface area contributed by atoms with Gasteiger partial charge in [-0.2, -0.15) is 4.99 Å². The van der Waals surface area contributed by atoms with Crippen molar-refractivity contribution in [3.8, 4) is 0 Å². The fraction of sp³-hybridized carbons (Fsp3) is 0.300. The van der Waals surface area contributed by atoms with Gasteiger partial charge in [0.05, 0.1) is 28.3 Å². The first-order valence-corrected chi connectivity index (χ1v) is 13.0. The van der Waals surface area contributed by atoms with Crippen LogP contribution in [0.1, 0.15) is 12.0 Å². The Morgan fingerprint density at radius 2 is 1.97 bits per heavy atom. The van der Waals surface area contributed by atoms with E-state index >= 15 is 0 Å². The number of amidine groups is 1. The van der Waals surface area contributed by atoms with Crippen molar-refractivity contribution >= 4 is 65.9 Å². The molecule has 0 bridgehead atoms. The molecule has 9 heteroatoms. The maximum absolute atomic E-state index is 12.5. The lowest BCUT2D eigenvalue weighted by molar-refractivity contribution is -0.117. The Morgan fingerprint density at radius 3 is 2.69 bits per heavy atom. The van der Waals surface area contributed by atoms with Gasteiger partial charge < -0.3 is 4.90 Å². The van der Waals surface area contributed by atoms with Crippen LogP contribution in [-0.2, 0) is 21.1 Å². The fourth-order valence-electron chi connectivity index (χ4n) is 3.58. The van der Waals surface area contributed by atoms with Crippen molar-refractivity contribution in [1.29, 1.82) is 0 Å². The Balaban J connectivity index is 1.60. The van der Waals surface area contributed by atoms with Crippen LogP contribution in [0.15, 0.2) is 58.0 Å². The molecular formula is C20H18BrClN2O3S2. The molecular weight excluding hydrogens is 496 g/mol. The second-order valence-electron chi connectivity index (χ2n) is 7.04. The number of hydrogen-bond acceptors (Lipinski definition) is 4. The van der Waals surface area contributed by atoms with Gasteiger partial charge in [-0.05, 0) is 30.2 Å². The molecule has 29 heavy (non-hydrogen) atoms. The molecule has 0 aromatic heterocycles.